The summed E-state index contributed by atoms with van der Waals surface area (Å²) in [5.74, 6) is -0.610. The van der Waals surface area contributed by atoms with Crippen molar-refractivity contribution in [3.05, 3.63) is 81.8 Å². The van der Waals surface area contributed by atoms with E-state index in [-0.39, 0.29) is 27.7 Å². The zero-order valence-electron chi connectivity index (χ0n) is 18.5. The second kappa shape index (κ2) is 8.67. The summed E-state index contributed by atoms with van der Waals surface area (Å²) in [6.45, 7) is 3.68. The maximum absolute atomic E-state index is 13.2. The van der Waals surface area contributed by atoms with Gasteiger partial charge >= 0.3 is 0 Å². The van der Waals surface area contributed by atoms with Crippen LogP contribution in [0, 0.1) is 13.8 Å². The SMILES string of the molecule is COc1cc(/C(O)=C2\C(=O)C(=O)N(c3ccc(C)cc3)C2c2ccc(C)o2)c(OC)cc1Cl. The summed E-state index contributed by atoms with van der Waals surface area (Å²) in [5.41, 5.74) is 1.53. The van der Waals surface area contributed by atoms with Crippen molar-refractivity contribution in [2.45, 2.75) is 19.9 Å². The molecule has 1 aromatic heterocycles. The first-order valence-electron chi connectivity index (χ1n) is 10.1. The molecule has 0 bridgehead atoms. The lowest BCUT2D eigenvalue weighted by Crippen LogP contribution is -2.29. The van der Waals surface area contributed by atoms with Gasteiger partial charge in [0.05, 0.1) is 30.4 Å². The Labute approximate surface area is 195 Å². The predicted molar refractivity (Wildman–Crippen MR) is 124 cm³/mol. The van der Waals surface area contributed by atoms with Gasteiger partial charge in [0.2, 0.25) is 0 Å². The van der Waals surface area contributed by atoms with E-state index in [4.69, 9.17) is 25.5 Å². The third-order valence-electron chi connectivity index (χ3n) is 5.52. The quantitative estimate of drug-likeness (QED) is 0.315. The average Bonchev–Trinajstić information content (AvgIpc) is 3.34. The molecular weight excluding hydrogens is 446 g/mol. The van der Waals surface area contributed by atoms with E-state index in [0.717, 1.165) is 5.56 Å². The molecule has 0 aliphatic carbocycles. The highest BCUT2D eigenvalue weighted by Crippen LogP contribution is 2.45. The summed E-state index contributed by atoms with van der Waals surface area (Å²) < 4.78 is 16.4. The Kier molecular flexibility index (Phi) is 5.91. The number of carbonyl (C=O) groups is 2. The molecule has 3 aromatic rings. The number of aliphatic hydroxyl groups is 1. The van der Waals surface area contributed by atoms with E-state index in [1.54, 1.807) is 31.2 Å². The van der Waals surface area contributed by atoms with Crippen LogP contribution in [0.1, 0.15) is 28.7 Å². The number of halogens is 1. The van der Waals surface area contributed by atoms with Crippen molar-refractivity contribution < 1.29 is 28.6 Å². The van der Waals surface area contributed by atoms with Gasteiger partial charge in [-0.05, 0) is 44.2 Å². The van der Waals surface area contributed by atoms with Crippen molar-refractivity contribution in [1.82, 2.24) is 0 Å². The first-order valence-corrected chi connectivity index (χ1v) is 10.5. The number of aliphatic hydroxyl groups excluding tert-OH is 1. The Hall–Kier alpha value is -3.71. The molecule has 1 N–H and O–H groups in total. The van der Waals surface area contributed by atoms with Crippen LogP contribution in [-0.2, 0) is 9.59 Å². The molecule has 1 saturated heterocycles. The number of nitrogens with zero attached hydrogens (tertiary/aromatic N) is 1. The maximum atomic E-state index is 13.2. The number of rotatable bonds is 5. The molecule has 1 atom stereocenters. The first kappa shape index (κ1) is 22.5. The van der Waals surface area contributed by atoms with E-state index in [0.29, 0.717) is 17.2 Å². The molecular formula is C25H22ClNO6. The topological polar surface area (TPSA) is 89.2 Å². The monoisotopic (exact) mass is 467 g/mol. The Morgan fingerprint density at radius 2 is 1.67 bits per heavy atom. The second-order valence-electron chi connectivity index (χ2n) is 7.64. The van der Waals surface area contributed by atoms with Crippen molar-refractivity contribution in [3.63, 3.8) is 0 Å². The largest absolute Gasteiger partial charge is 0.507 e. The second-order valence-corrected chi connectivity index (χ2v) is 8.05. The number of ketones is 1. The van der Waals surface area contributed by atoms with Crippen molar-refractivity contribution >= 4 is 34.7 Å². The highest BCUT2D eigenvalue weighted by atomic mass is 35.5. The third kappa shape index (κ3) is 3.85. The summed E-state index contributed by atoms with van der Waals surface area (Å²) in [4.78, 5) is 27.7. The fourth-order valence-electron chi connectivity index (χ4n) is 3.86. The molecule has 1 aliphatic rings. The summed E-state index contributed by atoms with van der Waals surface area (Å²) in [7, 11) is 2.84. The van der Waals surface area contributed by atoms with Crippen LogP contribution in [0.3, 0.4) is 0 Å². The molecule has 0 radical (unpaired) electrons. The van der Waals surface area contributed by atoms with Gasteiger partial charge in [-0.1, -0.05) is 29.3 Å². The van der Waals surface area contributed by atoms with Gasteiger partial charge in [0.25, 0.3) is 11.7 Å². The van der Waals surface area contributed by atoms with E-state index < -0.39 is 23.5 Å². The molecule has 1 aliphatic heterocycles. The smallest absolute Gasteiger partial charge is 0.300 e. The minimum Gasteiger partial charge on any atom is -0.507 e. The maximum Gasteiger partial charge on any atom is 0.300 e. The lowest BCUT2D eigenvalue weighted by atomic mass is 9.98. The van der Waals surface area contributed by atoms with Crippen LogP contribution in [0.5, 0.6) is 11.5 Å². The Morgan fingerprint density at radius 1 is 1.00 bits per heavy atom. The predicted octanol–water partition coefficient (Wildman–Crippen LogP) is 5.19. The van der Waals surface area contributed by atoms with E-state index in [2.05, 4.69) is 0 Å². The van der Waals surface area contributed by atoms with Crippen LogP contribution in [0.25, 0.3) is 5.76 Å². The number of aryl methyl sites for hydroxylation is 2. The molecule has 0 spiro atoms. The molecule has 1 unspecified atom stereocenters. The number of furan rings is 1. The van der Waals surface area contributed by atoms with Crippen LogP contribution in [0.2, 0.25) is 5.02 Å². The summed E-state index contributed by atoms with van der Waals surface area (Å²) in [6, 6.07) is 12.5. The molecule has 33 heavy (non-hydrogen) atoms. The van der Waals surface area contributed by atoms with Crippen LogP contribution >= 0.6 is 11.6 Å². The number of hydrogen-bond acceptors (Lipinski definition) is 6. The van der Waals surface area contributed by atoms with Crippen LogP contribution in [0.15, 0.2) is 58.5 Å². The van der Waals surface area contributed by atoms with E-state index in [1.807, 2.05) is 19.1 Å². The number of ether oxygens (including phenoxy) is 2. The standard InChI is InChI=1S/C25H22ClNO6/c1-13-5-8-15(9-6-13)27-22(18-10-7-14(2)33-18)21(24(29)25(27)30)23(28)16-11-20(32-4)17(26)12-19(16)31-3/h5-12,22,28H,1-4H3/b23-21+. The van der Waals surface area contributed by atoms with Gasteiger partial charge in [-0.3, -0.25) is 14.5 Å². The molecule has 0 saturated carbocycles. The number of anilines is 1. The summed E-state index contributed by atoms with van der Waals surface area (Å²) in [6.07, 6.45) is 0. The zero-order valence-corrected chi connectivity index (χ0v) is 19.3. The highest BCUT2D eigenvalue weighted by Gasteiger charge is 2.48. The minimum atomic E-state index is -0.979. The lowest BCUT2D eigenvalue weighted by molar-refractivity contribution is -0.132. The lowest BCUT2D eigenvalue weighted by Gasteiger charge is -2.23. The summed E-state index contributed by atoms with van der Waals surface area (Å²) >= 11 is 6.19. The van der Waals surface area contributed by atoms with Crippen molar-refractivity contribution in [2.75, 3.05) is 19.1 Å². The highest BCUT2D eigenvalue weighted by molar-refractivity contribution is 6.51. The molecule has 8 heteroatoms. The molecule has 2 aromatic carbocycles. The van der Waals surface area contributed by atoms with Gasteiger partial charge in [0.1, 0.15) is 34.8 Å². The van der Waals surface area contributed by atoms with Crippen molar-refractivity contribution in [1.29, 1.82) is 0 Å². The van der Waals surface area contributed by atoms with Crippen LogP contribution in [0.4, 0.5) is 5.69 Å². The number of methoxy groups -OCH3 is 2. The Bertz CT molecular complexity index is 1270. The molecule has 1 fully saturated rings. The zero-order chi connectivity index (χ0) is 23.9. The Morgan fingerprint density at radius 3 is 2.24 bits per heavy atom. The number of benzene rings is 2. The van der Waals surface area contributed by atoms with Crippen LogP contribution < -0.4 is 14.4 Å². The molecule has 170 valence electrons. The van der Waals surface area contributed by atoms with Crippen LogP contribution in [-0.4, -0.2) is 31.0 Å². The van der Waals surface area contributed by atoms with E-state index in [9.17, 15) is 14.7 Å². The summed E-state index contributed by atoms with van der Waals surface area (Å²) in [5, 5.41) is 11.6. The Balaban J connectivity index is 1.98. The molecule has 2 heterocycles. The fourth-order valence-corrected chi connectivity index (χ4v) is 4.10. The van der Waals surface area contributed by atoms with Gasteiger partial charge in [-0.2, -0.15) is 0 Å². The fraction of sp³-hybridized carbons (Fsp3) is 0.200. The van der Waals surface area contributed by atoms with Gasteiger partial charge in [-0.25, -0.2) is 0 Å². The molecule has 7 nitrogen and oxygen atoms in total. The number of hydrogen-bond donors (Lipinski definition) is 1. The third-order valence-corrected chi connectivity index (χ3v) is 5.81. The number of carbonyl (C=O) groups excluding carboxylic acids is 2. The molecule has 1 amide bonds. The van der Waals surface area contributed by atoms with Crippen molar-refractivity contribution in [2.24, 2.45) is 0 Å². The normalized spacial score (nSPS) is 17.5. The van der Waals surface area contributed by atoms with Gasteiger partial charge in [0.15, 0.2) is 0 Å². The van der Waals surface area contributed by atoms with Crippen molar-refractivity contribution in [3.8, 4) is 11.5 Å². The van der Waals surface area contributed by atoms with Gasteiger partial charge in [-0.15, -0.1) is 0 Å². The van der Waals surface area contributed by atoms with Gasteiger partial charge < -0.3 is 19.0 Å². The van der Waals surface area contributed by atoms with E-state index in [1.165, 1.54) is 31.3 Å². The van der Waals surface area contributed by atoms with Gasteiger partial charge in [0, 0.05) is 11.8 Å². The molecule has 4 rings (SSSR count). The van der Waals surface area contributed by atoms with E-state index >= 15 is 0 Å². The number of Topliss-reactive ketones (excluding diaryl/α,β-unsaturated/α-hetero) is 1. The number of amides is 1. The minimum absolute atomic E-state index is 0.127. The average molecular weight is 468 g/mol. The first-order chi connectivity index (χ1) is 15.8.